The Kier molecular flexibility index (Phi) is 5.10. The Morgan fingerprint density at radius 3 is 2.26 bits per heavy atom. The molecule has 2 fully saturated rings. The van der Waals surface area contributed by atoms with Crippen LogP contribution in [0.15, 0.2) is 36.4 Å². The molecular weight excluding hydrogens is 340 g/mol. The van der Waals surface area contributed by atoms with Crippen LogP contribution in [0, 0.1) is 11.8 Å². The lowest BCUT2D eigenvalue weighted by atomic mass is 9.81. The Morgan fingerprint density at radius 2 is 1.67 bits per heavy atom. The molecule has 3 aliphatic rings. The molecule has 142 valence electrons. The highest BCUT2D eigenvalue weighted by Gasteiger charge is 2.47. The second-order valence-corrected chi connectivity index (χ2v) is 7.76. The van der Waals surface area contributed by atoms with Gasteiger partial charge in [-0.2, -0.15) is 0 Å². The summed E-state index contributed by atoms with van der Waals surface area (Å²) in [6, 6.07) is 10.2. The highest BCUT2D eigenvalue weighted by Crippen LogP contribution is 2.38. The fraction of sp³-hybridized carbons (Fsp3) is 0.500. The molecule has 4 rings (SSSR count). The topological polar surface area (TPSA) is 57.7 Å². The number of likely N-dealkylation sites (tertiary alicyclic amines) is 1. The fourth-order valence-electron chi connectivity index (χ4n) is 4.63. The van der Waals surface area contributed by atoms with Crippen molar-refractivity contribution >= 4 is 23.3 Å². The van der Waals surface area contributed by atoms with Gasteiger partial charge in [-0.3, -0.25) is 19.3 Å². The predicted octanol–water partition coefficient (Wildman–Crippen LogP) is 2.87. The smallest absolute Gasteiger partial charge is 0.233 e. The lowest BCUT2D eigenvalue weighted by Gasteiger charge is -2.27. The molecule has 27 heavy (non-hydrogen) atoms. The molecule has 1 saturated carbocycles. The maximum Gasteiger partial charge on any atom is 0.233 e. The van der Waals surface area contributed by atoms with Crippen molar-refractivity contribution in [2.75, 3.05) is 19.6 Å². The minimum absolute atomic E-state index is 0.0221. The molecule has 1 aromatic carbocycles. The highest BCUT2D eigenvalue weighted by atomic mass is 16.2. The SMILES string of the molecule is O=C(CCN1C(=O)[C@H]2CCCC[C@@H]2C1=O)N1CC=C(c2ccccc2)CC1. The summed E-state index contributed by atoms with van der Waals surface area (Å²) in [6.45, 7) is 1.51. The van der Waals surface area contributed by atoms with Crippen molar-refractivity contribution in [1.29, 1.82) is 0 Å². The van der Waals surface area contributed by atoms with Crippen LogP contribution in [0.4, 0.5) is 0 Å². The van der Waals surface area contributed by atoms with Gasteiger partial charge in [0, 0.05) is 26.1 Å². The van der Waals surface area contributed by atoms with Gasteiger partial charge in [-0.15, -0.1) is 0 Å². The second kappa shape index (κ2) is 7.67. The van der Waals surface area contributed by atoms with Crippen molar-refractivity contribution in [3.8, 4) is 0 Å². The fourth-order valence-corrected chi connectivity index (χ4v) is 4.63. The minimum atomic E-state index is -0.132. The van der Waals surface area contributed by atoms with Crippen molar-refractivity contribution in [3.05, 3.63) is 42.0 Å². The van der Waals surface area contributed by atoms with Crippen LogP contribution in [0.25, 0.3) is 5.57 Å². The molecule has 1 aromatic rings. The molecule has 2 heterocycles. The van der Waals surface area contributed by atoms with E-state index in [1.807, 2.05) is 23.1 Å². The minimum Gasteiger partial charge on any atom is -0.339 e. The van der Waals surface area contributed by atoms with Gasteiger partial charge in [0.05, 0.1) is 11.8 Å². The Bertz CT molecular complexity index is 747. The summed E-state index contributed by atoms with van der Waals surface area (Å²) in [6.07, 6.45) is 6.86. The summed E-state index contributed by atoms with van der Waals surface area (Å²) in [5, 5.41) is 0. The third kappa shape index (κ3) is 3.55. The first-order valence-corrected chi connectivity index (χ1v) is 10.0. The number of carbonyl (C=O) groups excluding carboxylic acids is 3. The molecule has 2 aliphatic heterocycles. The van der Waals surface area contributed by atoms with Crippen molar-refractivity contribution in [3.63, 3.8) is 0 Å². The van der Waals surface area contributed by atoms with Crippen LogP contribution in [0.3, 0.4) is 0 Å². The van der Waals surface area contributed by atoms with E-state index in [4.69, 9.17) is 0 Å². The van der Waals surface area contributed by atoms with Crippen LogP contribution >= 0.6 is 0 Å². The van der Waals surface area contributed by atoms with Crippen LogP contribution in [0.2, 0.25) is 0 Å². The van der Waals surface area contributed by atoms with E-state index in [2.05, 4.69) is 18.2 Å². The number of rotatable bonds is 4. The van der Waals surface area contributed by atoms with E-state index in [-0.39, 0.29) is 42.5 Å². The molecule has 0 bridgehead atoms. The lowest BCUT2D eigenvalue weighted by Crippen LogP contribution is -2.39. The van der Waals surface area contributed by atoms with E-state index in [9.17, 15) is 14.4 Å². The first-order valence-electron chi connectivity index (χ1n) is 10.0. The molecule has 5 heteroatoms. The predicted molar refractivity (Wildman–Crippen MR) is 102 cm³/mol. The van der Waals surface area contributed by atoms with Crippen LogP contribution in [-0.2, 0) is 14.4 Å². The standard InChI is InChI=1S/C22H26N2O3/c25-20(23-13-10-17(11-14-23)16-6-2-1-3-7-16)12-15-24-21(26)18-8-4-5-9-19(18)22(24)27/h1-3,6-7,10,18-19H,4-5,8-9,11-15H2/t18-,19-/m0/s1. The first kappa shape index (κ1) is 18.0. The summed E-state index contributed by atoms with van der Waals surface area (Å²) in [5.74, 6) is -0.348. The van der Waals surface area contributed by atoms with Crippen LogP contribution < -0.4 is 0 Å². The van der Waals surface area contributed by atoms with Gasteiger partial charge in [-0.25, -0.2) is 0 Å². The summed E-state index contributed by atoms with van der Waals surface area (Å²) in [7, 11) is 0. The zero-order valence-corrected chi connectivity index (χ0v) is 15.6. The Morgan fingerprint density at radius 1 is 1.00 bits per heavy atom. The van der Waals surface area contributed by atoms with E-state index in [1.54, 1.807) is 0 Å². The van der Waals surface area contributed by atoms with E-state index in [0.29, 0.717) is 13.1 Å². The van der Waals surface area contributed by atoms with E-state index < -0.39 is 0 Å². The molecule has 0 N–H and O–H groups in total. The van der Waals surface area contributed by atoms with Crippen molar-refractivity contribution in [2.45, 2.75) is 38.5 Å². The number of benzene rings is 1. The average molecular weight is 366 g/mol. The molecule has 5 nitrogen and oxygen atoms in total. The van der Waals surface area contributed by atoms with Gasteiger partial charge in [-0.1, -0.05) is 49.2 Å². The Balaban J connectivity index is 1.32. The number of hydrogen-bond acceptors (Lipinski definition) is 3. The molecule has 1 aliphatic carbocycles. The molecule has 2 atom stereocenters. The molecule has 3 amide bonds. The number of nitrogens with zero attached hydrogens (tertiary/aromatic N) is 2. The molecule has 0 unspecified atom stereocenters. The number of imide groups is 1. The monoisotopic (exact) mass is 366 g/mol. The van der Waals surface area contributed by atoms with Crippen LogP contribution in [0.5, 0.6) is 0 Å². The largest absolute Gasteiger partial charge is 0.339 e. The number of carbonyl (C=O) groups is 3. The summed E-state index contributed by atoms with van der Waals surface area (Å²) in [5.41, 5.74) is 2.48. The Hall–Kier alpha value is -2.43. The maximum atomic E-state index is 12.6. The number of hydrogen-bond donors (Lipinski definition) is 0. The summed E-state index contributed by atoms with van der Waals surface area (Å²) >= 11 is 0. The highest BCUT2D eigenvalue weighted by molar-refractivity contribution is 6.05. The average Bonchev–Trinajstić information content (AvgIpc) is 2.97. The van der Waals surface area contributed by atoms with Gasteiger partial charge >= 0.3 is 0 Å². The third-order valence-corrected chi connectivity index (χ3v) is 6.19. The molecule has 1 saturated heterocycles. The van der Waals surface area contributed by atoms with Crippen LogP contribution in [-0.4, -0.2) is 47.2 Å². The van der Waals surface area contributed by atoms with E-state index in [1.165, 1.54) is 16.0 Å². The van der Waals surface area contributed by atoms with Crippen LogP contribution in [0.1, 0.15) is 44.1 Å². The van der Waals surface area contributed by atoms with Gasteiger partial charge in [0.2, 0.25) is 17.7 Å². The summed E-state index contributed by atoms with van der Waals surface area (Å²) in [4.78, 5) is 40.8. The Labute approximate surface area is 160 Å². The van der Waals surface area contributed by atoms with Gasteiger partial charge < -0.3 is 4.90 Å². The molecular formula is C22H26N2O3. The quantitative estimate of drug-likeness (QED) is 0.770. The molecule has 0 spiro atoms. The number of fused-ring (bicyclic) bond motifs is 1. The van der Waals surface area contributed by atoms with Crippen molar-refractivity contribution in [1.82, 2.24) is 9.80 Å². The van der Waals surface area contributed by atoms with Gasteiger partial charge in [0.25, 0.3) is 0 Å². The normalized spacial score (nSPS) is 25.4. The first-order chi connectivity index (χ1) is 13.1. The third-order valence-electron chi connectivity index (χ3n) is 6.19. The number of amides is 3. The van der Waals surface area contributed by atoms with Crippen molar-refractivity contribution < 1.29 is 14.4 Å². The van der Waals surface area contributed by atoms with Gasteiger partial charge in [-0.05, 0) is 30.4 Å². The zero-order chi connectivity index (χ0) is 18.8. The molecule has 0 radical (unpaired) electrons. The van der Waals surface area contributed by atoms with Gasteiger partial charge in [0.1, 0.15) is 0 Å². The summed E-state index contributed by atoms with van der Waals surface area (Å²) < 4.78 is 0. The molecule has 0 aromatic heterocycles. The zero-order valence-electron chi connectivity index (χ0n) is 15.6. The lowest BCUT2D eigenvalue weighted by molar-refractivity contribution is -0.140. The van der Waals surface area contributed by atoms with E-state index in [0.717, 1.165) is 32.1 Å². The van der Waals surface area contributed by atoms with E-state index >= 15 is 0 Å². The second-order valence-electron chi connectivity index (χ2n) is 7.76. The maximum absolute atomic E-state index is 12.6. The van der Waals surface area contributed by atoms with Crippen molar-refractivity contribution in [2.24, 2.45) is 11.8 Å². The van der Waals surface area contributed by atoms with Gasteiger partial charge in [0.15, 0.2) is 0 Å².